The Labute approximate surface area is 128 Å². The lowest BCUT2D eigenvalue weighted by Gasteiger charge is -2.01. The molecule has 0 unspecified atom stereocenters. The Morgan fingerprint density at radius 1 is 1.42 bits per heavy atom. The van der Waals surface area contributed by atoms with E-state index in [1.165, 1.54) is 28.8 Å². The Kier molecular flexibility index (Phi) is 4.00. The van der Waals surface area contributed by atoms with Gasteiger partial charge in [0.2, 0.25) is 0 Å². The highest BCUT2D eigenvalue weighted by Crippen LogP contribution is 2.36. The summed E-state index contributed by atoms with van der Waals surface area (Å²) in [4.78, 5) is 8.36. The highest BCUT2D eigenvalue weighted by molar-refractivity contribution is 7.97. The molecule has 0 radical (unpaired) electrons. The standard InChI is InChI=1S/C12H9Cl2N3S2/c13-10-4-9(11(14)18-10)19-17-6-7-5-16-12-8(7)2-1-3-15-12/h1-5,17H,6H2,(H,15,16). The number of fused-ring (bicyclic) bond motifs is 1. The van der Waals surface area contributed by atoms with Crippen LogP contribution in [0.3, 0.4) is 0 Å². The second-order valence-corrected chi connectivity index (χ2v) is 7.04. The van der Waals surface area contributed by atoms with E-state index >= 15 is 0 Å². The van der Waals surface area contributed by atoms with Crippen molar-refractivity contribution in [1.82, 2.24) is 14.7 Å². The van der Waals surface area contributed by atoms with Crippen LogP contribution in [0.2, 0.25) is 8.67 Å². The molecule has 0 spiro atoms. The van der Waals surface area contributed by atoms with Crippen molar-refractivity contribution in [2.45, 2.75) is 11.4 Å². The van der Waals surface area contributed by atoms with E-state index < -0.39 is 0 Å². The van der Waals surface area contributed by atoms with Crippen LogP contribution in [-0.2, 0) is 6.54 Å². The van der Waals surface area contributed by atoms with E-state index in [4.69, 9.17) is 23.2 Å². The molecule has 0 atom stereocenters. The monoisotopic (exact) mass is 329 g/mol. The summed E-state index contributed by atoms with van der Waals surface area (Å²) in [6, 6.07) is 5.85. The van der Waals surface area contributed by atoms with Crippen LogP contribution < -0.4 is 4.72 Å². The van der Waals surface area contributed by atoms with Crippen LogP contribution in [0.5, 0.6) is 0 Å². The number of thiophene rings is 1. The van der Waals surface area contributed by atoms with Gasteiger partial charge in [-0.25, -0.2) is 4.98 Å². The summed E-state index contributed by atoms with van der Waals surface area (Å²) in [6.45, 7) is 0.722. The van der Waals surface area contributed by atoms with E-state index in [2.05, 4.69) is 20.8 Å². The third kappa shape index (κ3) is 2.90. The first kappa shape index (κ1) is 13.3. The van der Waals surface area contributed by atoms with Crippen molar-refractivity contribution in [3.05, 3.63) is 44.8 Å². The van der Waals surface area contributed by atoms with Gasteiger partial charge < -0.3 is 4.98 Å². The van der Waals surface area contributed by atoms with Gasteiger partial charge in [0.25, 0.3) is 0 Å². The fourth-order valence-corrected chi connectivity index (χ4v) is 4.16. The first-order chi connectivity index (χ1) is 9.24. The summed E-state index contributed by atoms with van der Waals surface area (Å²) >= 11 is 14.8. The number of hydrogen-bond donors (Lipinski definition) is 2. The number of aromatic amines is 1. The van der Waals surface area contributed by atoms with Crippen molar-refractivity contribution in [2.24, 2.45) is 0 Å². The average Bonchev–Trinajstić information content (AvgIpc) is 2.94. The molecule has 3 aromatic rings. The van der Waals surface area contributed by atoms with Crippen LogP contribution in [0.25, 0.3) is 11.0 Å². The maximum Gasteiger partial charge on any atom is 0.137 e. The Balaban J connectivity index is 1.68. The second-order valence-electron chi connectivity index (χ2n) is 3.83. The van der Waals surface area contributed by atoms with E-state index in [0.29, 0.717) is 8.67 Å². The highest BCUT2D eigenvalue weighted by atomic mass is 35.5. The van der Waals surface area contributed by atoms with Gasteiger partial charge in [-0.1, -0.05) is 23.2 Å². The zero-order valence-corrected chi connectivity index (χ0v) is 12.8. The third-order valence-corrected chi connectivity index (χ3v) is 5.17. The maximum absolute atomic E-state index is 6.06. The summed E-state index contributed by atoms with van der Waals surface area (Å²) in [5, 5.41) is 1.13. The number of pyridine rings is 1. The van der Waals surface area contributed by atoms with Crippen molar-refractivity contribution < 1.29 is 0 Å². The number of H-pyrrole nitrogens is 1. The first-order valence-electron chi connectivity index (χ1n) is 5.49. The van der Waals surface area contributed by atoms with Gasteiger partial charge in [0.15, 0.2) is 0 Å². The van der Waals surface area contributed by atoms with E-state index in [9.17, 15) is 0 Å². The number of nitrogens with zero attached hydrogens (tertiary/aromatic N) is 1. The smallest absolute Gasteiger partial charge is 0.137 e. The molecule has 98 valence electrons. The summed E-state index contributed by atoms with van der Waals surface area (Å²) in [6.07, 6.45) is 3.74. The fourth-order valence-electron chi connectivity index (χ4n) is 1.75. The molecule has 0 bridgehead atoms. The predicted octanol–water partition coefficient (Wildman–Crippen LogP) is 4.73. The lowest BCUT2D eigenvalue weighted by Crippen LogP contribution is -2.01. The van der Waals surface area contributed by atoms with Crippen LogP contribution in [0.4, 0.5) is 0 Å². The molecule has 3 heterocycles. The molecule has 0 saturated carbocycles. The van der Waals surface area contributed by atoms with Gasteiger partial charge in [-0.2, -0.15) is 0 Å². The SMILES string of the molecule is Clc1cc(SNCc2c[nH]c3ncccc23)c(Cl)s1. The Bertz CT molecular complexity index is 708. The van der Waals surface area contributed by atoms with Gasteiger partial charge in [0, 0.05) is 24.3 Å². The molecule has 3 nitrogen and oxygen atoms in total. The topological polar surface area (TPSA) is 40.7 Å². The molecule has 0 fully saturated rings. The zero-order chi connectivity index (χ0) is 13.2. The number of halogens is 2. The van der Waals surface area contributed by atoms with Gasteiger partial charge in [-0.3, -0.25) is 4.72 Å². The van der Waals surface area contributed by atoms with Gasteiger partial charge in [0.1, 0.15) is 9.98 Å². The molecule has 19 heavy (non-hydrogen) atoms. The van der Waals surface area contributed by atoms with Crippen molar-refractivity contribution in [1.29, 1.82) is 0 Å². The summed E-state index contributed by atoms with van der Waals surface area (Å²) < 4.78 is 4.69. The van der Waals surface area contributed by atoms with Crippen LogP contribution >= 0.6 is 46.5 Å². The van der Waals surface area contributed by atoms with Crippen LogP contribution in [-0.4, -0.2) is 9.97 Å². The zero-order valence-electron chi connectivity index (χ0n) is 9.61. The lowest BCUT2D eigenvalue weighted by atomic mass is 10.2. The van der Waals surface area contributed by atoms with Crippen LogP contribution in [0.1, 0.15) is 5.56 Å². The summed E-state index contributed by atoms with van der Waals surface area (Å²) in [7, 11) is 0. The van der Waals surface area contributed by atoms with Crippen LogP contribution in [0, 0.1) is 0 Å². The molecule has 0 saturated heterocycles. The Morgan fingerprint density at radius 2 is 2.32 bits per heavy atom. The number of nitrogens with one attached hydrogen (secondary N) is 2. The molecule has 0 aliphatic heterocycles. The van der Waals surface area contributed by atoms with Crippen molar-refractivity contribution in [2.75, 3.05) is 0 Å². The third-order valence-electron chi connectivity index (χ3n) is 2.61. The largest absolute Gasteiger partial charge is 0.346 e. The number of aromatic nitrogens is 2. The minimum Gasteiger partial charge on any atom is -0.346 e. The second kappa shape index (κ2) is 5.73. The van der Waals surface area contributed by atoms with Crippen molar-refractivity contribution in [3.8, 4) is 0 Å². The lowest BCUT2D eigenvalue weighted by molar-refractivity contribution is 0.985. The predicted molar refractivity (Wildman–Crippen MR) is 83.1 cm³/mol. The normalized spacial score (nSPS) is 11.3. The van der Waals surface area contributed by atoms with Gasteiger partial charge in [-0.15, -0.1) is 11.3 Å². The maximum atomic E-state index is 6.06. The molecule has 0 amide bonds. The molecular weight excluding hydrogens is 321 g/mol. The molecule has 0 aromatic carbocycles. The quantitative estimate of drug-likeness (QED) is 0.680. The highest BCUT2D eigenvalue weighted by Gasteiger charge is 2.07. The Morgan fingerprint density at radius 3 is 3.11 bits per heavy atom. The van der Waals surface area contributed by atoms with E-state index in [1.807, 2.05) is 18.3 Å². The van der Waals surface area contributed by atoms with E-state index in [-0.39, 0.29) is 0 Å². The molecule has 3 rings (SSSR count). The minimum atomic E-state index is 0.700. The van der Waals surface area contributed by atoms with E-state index in [1.54, 1.807) is 6.20 Å². The number of hydrogen-bond acceptors (Lipinski definition) is 4. The summed E-state index contributed by atoms with van der Waals surface area (Å²) in [5.74, 6) is 0. The number of rotatable bonds is 4. The molecule has 0 aliphatic rings. The minimum absolute atomic E-state index is 0.700. The first-order valence-corrected chi connectivity index (χ1v) is 7.88. The van der Waals surface area contributed by atoms with Crippen molar-refractivity contribution >= 4 is 57.5 Å². The molecular formula is C12H9Cl2N3S2. The fraction of sp³-hybridized carbons (Fsp3) is 0.0833. The molecule has 3 aromatic heterocycles. The van der Waals surface area contributed by atoms with Crippen molar-refractivity contribution in [3.63, 3.8) is 0 Å². The van der Waals surface area contributed by atoms with Gasteiger partial charge >= 0.3 is 0 Å². The van der Waals surface area contributed by atoms with Gasteiger partial charge in [0.05, 0.1) is 9.23 Å². The molecule has 7 heteroatoms. The Hall–Kier alpha value is -0.720. The van der Waals surface area contributed by atoms with E-state index in [0.717, 1.165) is 22.5 Å². The molecule has 2 N–H and O–H groups in total. The van der Waals surface area contributed by atoms with Crippen LogP contribution in [0.15, 0.2) is 35.5 Å². The molecule has 0 aliphatic carbocycles. The average molecular weight is 330 g/mol. The van der Waals surface area contributed by atoms with Gasteiger partial charge in [-0.05, 0) is 35.7 Å². The summed E-state index contributed by atoms with van der Waals surface area (Å²) in [5.41, 5.74) is 2.08.